The molecule has 2 aliphatic rings. The van der Waals surface area contributed by atoms with Crippen LogP contribution in [0.2, 0.25) is 0 Å². The van der Waals surface area contributed by atoms with Crippen LogP contribution in [0, 0.1) is 0 Å². The Kier molecular flexibility index (Phi) is 4.02. The van der Waals surface area contributed by atoms with Crippen molar-refractivity contribution >= 4 is 11.8 Å². The predicted octanol–water partition coefficient (Wildman–Crippen LogP) is 2.00. The number of aryl methyl sites for hydroxylation is 1. The van der Waals surface area contributed by atoms with E-state index in [1.807, 2.05) is 11.0 Å². The Balaban J connectivity index is 1.34. The molecule has 24 heavy (non-hydrogen) atoms. The minimum absolute atomic E-state index is 0.0375. The molecule has 1 aliphatic heterocycles. The average molecular weight is 323 g/mol. The summed E-state index contributed by atoms with van der Waals surface area (Å²) in [6.07, 6.45) is 7.18. The molecule has 1 atom stereocenters. The standard InChI is InChI=1S/C18H21N5O/c24-18(21-16-6-5-14-3-1-2-4-15(14)16)23-11-9-22(10-12-23)17-13-19-7-8-20-17/h1-4,7-8,13,16H,5-6,9-12H2,(H,21,24). The molecule has 6 nitrogen and oxygen atoms in total. The second kappa shape index (κ2) is 6.47. The van der Waals surface area contributed by atoms with E-state index in [1.165, 1.54) is 11.1 Å². The molecule has 1 N–H and O–H groups in total. The van der Waals surface area contributed by atoms with Crippen LogP contribution in [0.15, 0.2) is 42.9 Å². The lowest BCUT2D eigenvalue weighted by Gasteiger charge is -2.35. The van der Waals surface area contributed by atoms with E-state index in [0.717, 1.165) is 31.7 Å². The highest BCUT2D eigenvalue weighted by molar-refractivity contribution is 5.75. The van der Waals surface area contributed by atoms with E-state index in [2.05, 4.69) is 38.4 Å². The fraction of sp³-hybridized carbons (Fsp3) is 0.389. The topological polar surface area (TPSA) is 61.4 Å². The molecule has 1 saturated heterocycles. The first-order valence-corrected chi connectivity index (χ1v) is 8.45. The molecule has 1 aliphatic carbocycles. The molecule has 0 spiro atoms. The zero-order valence-corrected chi connectivity index (χ0v) is 13.6. The number of carbonyl (C=O) groups is 1. The smallest absolute Gasteiger partial charge is 0.318 e. The molecule has 4 rings (SSSR count). The molecule has 1 aromatic carbocycles. The highest BCUT2D eigenvalue weighted by Gasteiger charge is 2.27. The van der Waals surface area contributed by atoms with Gasteiger partial charge < -0.3 is 15.1 Å². The minimum atomic E-state index is 0.0375. The first-order chi connectivity index (χ1) is 11.8. The van der Waals surface area contributed by atoms with Gasteiger partial charge in [0.25, 0.3) is 0 Å². The van der Waals surface area contributed by atoms with E-state index in [0.29, 0.717) is 13.1 Å². The number of benzene rings is 1. The minimum Gasteiger partial charge on any atom is -0.352 e. The van der Waals surface area contributed by atoms with E-state index < -0.39 is 0 Å². The first-order valence-electron chi connectivity index (χ1n) is 8.45. The third kappa shape index (κ3) is 2.91. The molecule has 0 radical (unpaired) electrons. The summed E-state index contributed by atoms with van der Waals surface area (Å²) in [6.45, 7) is 2.98. The van der Waals surface area contributed by atoms with Gasteiger partial charge in [0.1, 0.15) is 5.82 Å². The molecule has 1 fully saturated rings. The molecular weight excluding hydrogens is 302 g/mol. The lowest BCUT2D eigenvalue weighted by Crippen LogP contribution is -2.52. The number of fused-ring (bicyclic) bond motifs is 1. The summed E-state index contributed by atoms with van der Waals surface area (Å²) < 4.78 is 0. The van der Waals surface area contributed by atoms with Gasteiger partial charge in [-0.3, -0.25) is 4.98 Å². The third-order valence-electron chi connectivity index (χ3n) is 4.87. The van der Waals surface area contributed by atoms with E-state index in [9.17, 15) is 4.79 Å². The molecule has 2 heterocycles. The van der Waals surface area contributed by atoms with Crippen LogP contribution in [0.3, 0.4) is 0 Å². The van der Waals surface area contributed by atoms with Crippen molar-refractivity contribution < 1.29 is 4.79 Å². The zero-order valence-electron chi connectivity index (χ0n) is 13.6. The Morgan fingerprint density at radius 2 is 1.96 bits per heavy atom. The first kappa shape index (κ1) is 14.9. The van der Waals surface area contributed by atoms with Crippen molar-refractivity contribution in [1.82, 2.24) is 20.2 Å². The monoisotopic (exact) mass is 323 g/mol. The number of nitrogens with zero attached hydrogens (tertiary/aromatic N) is 4. The van der Waals surface area contributed by atoms with Gasteiger partial charge in [0.2, 0.25) is 0 Å². The molecule has 6 heteroatoms. The van der Waals surface area contributed by atoms with Crippen LogP contribution in [0.25, 0.3) is 0 Å². The summed E-state index contributed by atoms with van der Waals surface area (Å²) in [5.41, 5.74) is 2.62. The second-order valence-corrected chi connectivity index (χ2v) is 6.28. The van der Waals surface area contributed by atoms with Crippen LogP contribution < -0.4 is 10.2 Å². The van der Waals surface area contributed by atoms with E-state index in [-0.39, 0.29) is 12.1 Å². The van der Waals surface area contributed by atoms with Crippen molar-refractivity contribution in [3.63, 3.8) is 0 Å². The maximum Gasteiger partial charge on any atom is 0.318 e. The normalized spacial score (nSPS) is 19.9. The summed E-state index contributed by atoms with van der Waals surface area (Å²) in [7, 11) is 0. The lowest BCUT2D eigenvalue weighted by molar-refractivity contribution is 0.190. The van der Waals surface area contributed by atoms with E-state index in [4.69, 9.17) is 0 Å². The van der Waals surface area contributed by atoms with Crippen molar-refractivity contribution in [3.05, 3.63) is 54.0 Å². The number of anilines is 1. The molecule has 1 unspecified atom stereocenters. The summed E-state index contributed by atoms with van der Waals surface area (Å²) in [5.74, 6) is 0.877. The van der Waals surface area contributed by atoms with Gasteiger partial charge in [-0.2, -0.15) is 0 Å². The van der Waals surface area contributed by atoms with Gasteiger partial charge in [-0.1, -0.05) is 24.3 Å². The number of piperazine rings is 1. The van der Waals surface area contributed by atoms with E-state index in [1.54, 1.807) is 18.6 Å². The number of nitrogens with one attached hydrogen (secondary N) is 1. The maximum absolute atomic E-state index is 12.6. The summed E-state index contributed by atoms with van der Waals surface area (Å²) in [5, 5.41) is 3.20. The Hall–Kier alpha value is -2.63. The number of hydrogen-bond acceptors (Lipinski definition) is 4. The SMILES string of the molecule is O=C(NC1CCc2ccccc21)N1CCN(c2cnccn2)CC1. The highest BCUT2D eigenvalue weighted by atomic mass is 16.2. The maximum atomic E-state index is 12.6. The van der Waals surface area contributed by atoms with Gasteiger partial charge >= 0.3 is 6.03 Å². The van der Waals surface area contributed by atoms with Gasteiger partial charge in [-0.25, -0.2) is 9.78 Å². The van der Waals surface area contributed by atoms with Gasteiger partial charge in [-0.05, 0) is 24.0 Å². The number of amides is 2. The van der Waals surface area contributed by atoms with Crippen LogP contribution in [0.1, 0.15) is 23.6 Å². The molecule has 1 aromatic heterocycles. The number of rotatable bonds is 2. The predicted molar refractivity (Wildman–Crippen MR) is 91.9 cm³/mol. The average Bonchev–Trinajstić information content (AvgIpc) is 3.06. The largest absolute Gasteiger partial charge is 0.352 e. The molecule has 0 saturated carbocycles. The van der Waals surface area contributed by atoms with Crippen molar-refractivity contribution in [3.8, 4) is 0 Å². The van der Waals surface area contributed by atoms with Crippen molar-refractivity contribution in [2.24, 2.45) is 0 Å². The van der Waals surface area contributed by atoms with E-state index >= 15 is 0 Å². The molecule has 124 valence electrons. The summed E-state index contributed by atoms with van der Waals surface area (Å²) >= 11 is 0. The van der Waals surface area contributed by atoms with Crippen molar-refractivity contribution in [2.45, 2.75) is 18.9 Å². The van der Waals surface area contributed by atoms with Crippen LogP contribution >= 0.6 is 0 Å². The van der Waals surface area contributed by atoms with Gasteiger partial charge in [-0.15, -0.1) is 0 Å². The fourth-order valence-electron chi connectivity index (χ4n) is 3.54. The molecule has 0 bridgehead atoms. The fourth-order valence-corrected chi connectivity index (χ4v) is 3.54. The highest BCUT2D eigenvalue weighted by Crippen LogP contribution is 2.30. The van der Waals surface area contributed by atoms with Crippen LogP contribution in [-0.2, 0) is 6.42 Å². The molecule has 2 aromatic rings. The number of aromatic nitrogens is 2. The number of carbonyl (C=O) groups excluding carboxylic acids is 1. The van der Waals surface area contributed by atoms with Crippen LogP contribution in [0.4, 0.5) is 10.6 Å². The van der Waals surface area contributed by atoms with Crippen molar-refractivity contribution in [2.75, 3.05) is 31.1 Å². The van der Waals surface area contributed by atoms with Crippen molar-refractivity contribution in [1.29, 1.82) is 0 Å². The molecular formula is C18H21N5O. The Morgan fingerprint density at radius 1 is 1.12 bits per heavy atom. The third-order valence-corrected chi connectivity index (χ3v) is 4.87. The quantitative estimate of drug-likeness (QED) is 0.918. The molecule has 2 amide bonds. The second-order valence-electron chi connectivity index (χ2n) is 6.28. The Morgan fingerprint density at radius 3 is 2.75 bits per heavy atom. The Labute approximate surface area is 141 Å². The van der Waals surface area contributed by atoms with Gasteiger partial charge in [0.15, 0.2) is 0 Å². The van der Waals surface area contributed by atoms with Gasteiger partial charge in [0.05, 0.1) is 12.2 Å². The van der Waals surface area contributed by atoms with Crippen LogP contribution in [-0.4, -0.2) is 47.1 Å². The number of hydrogen-bond donors (Lipinski definition) is 1. The summed E-state index contributed by atoms with van der Waals surface area (Å²) in [6, 6.07) is 8.57. The number of urea groups is 1. The van der Waals surface area contributed by atoms with Crippen LogP contribution in [0.5, 0.6) is 0 Å². The summed E-state index contributed by atoms with van der Waals surface area (Å²) in [4.78, 5) is 25.1. The lowest BCUT2D eigenvalue weighted by atomic mass is 10.1. The Bertz CT molecular complexity index is 712. The van der Waals surface area contributed by atoms with Gasteiger partial charge in [0, 0.05) is 38.6 Å². The zero-order chi connectivity index (χ0) is 16.4.